The number of hydrogen-bond donors (Lipinski definition) is 1. The lowest BCUT2D eigenvalue weighted by molar-refractivity contribution is 0.0867. The number of nitrogens with two attached hydrogens (primary N) is 1. The van der Waals surface area contributed by atoms with Crippen molar-refractivity contribution in [2.45, 2.75) is 25.8 Å². The lowest BCUT2D eigenvalue weighted by Crippen LogP contribution is -2.39. The van der Waals surface area contributed by atoms with E-state index in [4.69, 9.17) is 15.0 Å². The van der Waals surface area contributed by atoms with Crippen LogP contribution in [0, 0.1) is 0 Å². The Morgan fingerprint density at radius 1 is 1.47 bits per heavy atom. The molecule has 19 heavy (non-hydrogen) atoms. The predicted octanol–water partition coefficient (Wildman–Crippen LogP) is 1.73. The SMILES string of the molecule is CCCOCC(C)(N)c1noc(-c2cccnc2)n1. The highest BCUT2D eigenvalue weighted by Crippen LogP contribution is 2.20. The van der Waals surface area contributed by atoms with Gasteiger partial charge in [-0.3, -0.25) is 4.98 Å². The van der Waals surface area contributed by atoms with Gasteiger partial charge in [0, 0.05) is 19.0 Å². The second kappa shape index (κ2) is 5.90. The van der Waals surface area contributed by atoms with E-state index in [0.29, 0.717) is 24.9 Å². The van der Waals surface area contributed by atoms with Crippen molar-refractivity contribution in [2.75, 3.05) is 13.2 Å². The minimum Gasteiger partial charge on any atom is -0.379 e. The predicted molar refractivity (Wildman–Crippen MR) is 70.2 cm³/mol. The molecule has 0 amide bonds. The van der Waals surface area contributed by atoms with E-state index in [0.717, 1.165) is 12.0 Å². The third-order valence-corrected chi connectivity index (χ3v) is 2.60. The summed E-state index contributed by atoms with van der Waals surface area (Å²) in [6.45, 7) is 4.89. The highest BCUT2D eigenvalue weighted by Gasteiger charge is 2.28. The summed E-state index contributed by atoms with van der Waals surface area (Å²) in [5, 5.41) is 3.92. The molecule has 1 atom stereocenters. The summed E-state index contributed by atoms with van der Waals surface area (Å²) >= 11 is 0. The Morgan fingerprint density at radius 3 is 3.00 bits per heavy atom. The van der Waals surface area contributed by atoms with E-state index < -0.39 is 5.54 Å². The van der Waals surface area contributed by atoms with Gasteiger partial charge < -0.3 is 15.0 Å². The first-order valence-electron chi connectivity index (χ1n) is 6.24. The quantitative estimate of drug-likeness (QED) is 0.798. The third-order valence-electron chi connectivity index (χ3n) is 2.60. The Morgan fingerprint density at radius 2 is 2.32 bits per heavy atom. The fourth-order valence-electron chi connectivity index (χ4n) is 1.56. The molecular formula is C13H18N4O2. The van der Waals surface area contributed by atoms with Crippen molar-refractivity contribution in [2.24, 2.45) is 5.73 Å². The van der Waals surface area contributed by atoms with E-state index in [1.165, 1.54) is 0 Å². The number of pyridine rings is 1. The van der Waals surface area contributed by atoms with Crippen molar-refractivity contribution in [3.05, 3.63) is 30.4 Å². The summed E-state index contributed by atoms with van der Waals surface area (Å²) in [6, 6.07) is 3.66. The van der Waals surface area contributed by atoms with Crippen LogP contribution in [-0.2, 0) is 10.3 Å². The van der Waals surface area contributed by atoms with Crippen molar-refractivity contribution >= 4 is 0 Å². The Kier molecular flexibility index (Phi) is 4.24. The zero-order valence-corrected chi connectivity index (χ0v) is 11.2. The molecular weight excluding hydrogens is 244 g/mol. The second-order valence-corrected chi connectivity index (χ2v) is 4.63. The maximum Gasteiger partial charge on any atom is 0.259 e. The van der Waals surface area contributed by atoms with Gasteiger partial charge in [-0.1, -0.05) is 12.1 Å². The van der Waals surface area contributed by atoms with Crippen LogP contribution >= 0.6 is 0 Å². The highest BCUT2D eigenvalue weighted by molar-refractivity contribution is 5.50. The van der Waals surface area contributed by atoms with Crippen LogP contribution in [0.4, 0.5) is 0 Å². The van der Waals surface area contributed by atoms with Crippen LogP contribution in [0.15, 0.2) is 29.0 Å². The molecule has 0 saturated carbocycles. The number of rotatable bonds is 6. The Hall–Kier alpha value is -1.79. The van der Waals surface area contributed by atoms with Gasteiger partial charge in [0.05, 0.1) is 12.2 Å². The van der Waals surface area contributed by atoms with Gasteiger partial charge in [-0.05, 0) is 25.5 Å². The van der Waals surface area contributed by atoms with Crippen LogP contribution in [0.3, 0.4) is 0 Å². The average Bonchev–Trinajstić information content (AvgIpc) is 2.90. The van der Waals surface area contributed by atoms with Crippen LogP contribution in [0.5, 0.6) is 0 Å². The molecule has 0 aliphatic rings. The molecule has 0 saturated heterocycles. The molecule has 0 aliphatic carbocycles. The molecule has 2 rings (SSSR count). The van der Waals surface area contributed by atoms with Gasteiger partial charge in [-0.2, -0.15) is 4.98 Å². The molecule has 0 aliphatic heterocycles. The average molecular weight is 262 g/mol. The molecule has 2 N–H and O–H groups in total. The topological polar surface area (TPSA) is 87.1 Å². The first-order valence-corrected chi connectivity index (χ1v) is 6.24. The Balaban J connectivity index is 2.12. The molecule has 2 heterocycles. The summed E-state index contributed by atoms with van der Waals surface area (Å²) in [5.74, 6) is 0.845. The second-order valence-electron chi connectivity index (χ2n) is 4.63. The standard InChI is InChI=1S/C13H18N4O2/c1-3-7-18-9-13(2,14)12-16-11(19-17-12)10-5-4-6-15-8-10/h4-6,8H,3,7,9,14H2,1-2H3. The van der Waals surface area contributed by atoms with Crippen LogP contribution in [0.2, 0.25) is 0 Å². The Bertz CT molecular complexity index is 510. The Labute approximate surface area is 112 Å². The maximum atomic E-state index is 6.14. The smallest absolute Gasteiger partial charge is 0.259 e. The largest absolute Gasteiger partial charge is 0.379 e. The number of ether oxygens (including phenoxy) is 1. The van der Waals surface area contributed by atoms with Gasteiger partial charge >= 0.3 is 0 Å². The fourth-order valence-corrected chi connectivity index (χ4v) is 1.56. The van der Waals surface area contributed by atoms with Gasteiger partial charge in [0.1, 0.15) is 5.54 Å². The highest BCUT2D eigenvalue weighted by atomic mass is 16.5. The van der Waals surface area contributed by atoms with E-state index in [1.54, 1.807) is 12.4 Å². The van der Waals surface area contributed by atoms with Crippen molar-refractivity contribution in [3.8, 4) is 11.5 Å². The van der Waals surface area contributed by atoms with Crippen LogP contribution < -0.4 is 5.73 Å². The minimum atomic E-state index is -0.765. The molecule has 0 spiro atoms. The van der Waals surface area contributed by atoms with Gasteiger partial charge in [0.15, 0.2) is 5.82 Å². The molecule has 2 aromatic heterocycles. The molecule has 2 aromatic rings. The lowest BCUT2D eigenvalue weighted by atomic mass is 10.1. The van der Waals surface area contributed by atoms with E-state index in [9.17, 15) is 0 Å². The minimum absolute atomic E-state index is 0.354. The normalized spacial score (nSPS) is 14.3. The van der Waals surface area contributed by atoms with Crippen LogP contribution in [0.25, 0.3) is 11.5 Å². The van der Waals surface area contributed by atoms with E-state index in [2.05, 4.69) is 15.1 Å². The van der Waals surface area contributed by atoms with Crippen molar-refractivity contribution < 1.29 is 9.26 Å². The first kappa shape index (κ1) is 13.6. The van der Waals surface area contributed by atoms with Crippen molar-refractivity contribution in [3.63, 3.8) is 0 Å². The number of hydrogen-bond acceptors (Lipinski definition) is 6. The molecule has 6 heteroatoms. The summed E-state index contributed by atoms with van der Waals surface area (Å²) in [4.78, 5) is 8.32. The van der Waals surface area contributed by atoms with Gasteiger partial charge in [-0.25, -0.2) is 0 Å². The monoisotopic (exact) mass is 262 g/mol. The van der Waals surface area contributed by atoms with Gasteiger partial charge in [-0.15, -0.1) is 0 Å². The summed E-state index contributed by atoms with van der Waals surface area (Å²) in [6.07, 6.45) is 4.30. The van der Waals surface area contributed by atoms with E-state index in [1.807, 2.05) is 26.0 Å². The van der Waals surface area contributed by atoms with Crippen LogP contribution in [-0.4, -0.2) is 28.3 Å². The molecule has 102 valence electrons. The molecule has 0 fully saturated rings. The van der Waals surface area contributed by atoms with Gasteiger partial charge in [0.2, 0.25) is 0 Å². The summed E-state index contributed by atoms with van der Waals surface area (Å²) in [5.41, 5.74) is 6.15. The van der Waals surface area contributed by atoms with Crippen molar-refractivity contribution in [1.29, 1.82) is 0 Å². The maximum absolute atomic E-state index is 6.14. The number of aromatic nitrogens is 3. The summed E-state index contributed by atoms with van der Waals surface area (Å²) in [7, 11) is 0. The first-order chi connectivity index (χ1) is 9.13. The third kappa shape index (κ3) is 3.36. The molecule has 1 unspecified atom stereocenters. The molecule has 0 aromatic carbocycles. The van der Waals surface area contributed by atoms with E-state index >= 15 is 0 Å². The fraction of sp³-hybridized carbons (Fsp3) is 0.462. The van der Waals surface area contributed by atoms with Crippen molar-refractivity contribution in [1.82, 2.24) is 15.1 Å². The lowest BCUT2D eigenvalue weighted by Gasteiger charge is -2.19. The van der Waals surface area contributed by atoms with Gasteiger partial charge in [0.25, 0.3) is 5.89 Å². The number of nitrogens with zero attached hydrogens (tertiary/aromatic N) is 3. The zero-order valence-electron chi connectivity index (χ0n) is 11.2. The molecule has 0 radical (unpaired) electrons. The van der Waals surface area contributed by atoms with Crippen LogP contribution in [0.1, 0.15) is 26.1 Å². The van der Waals surface area contributed by atoms with E-state index in [-0.39, 0.29) is 0 Å². The molecule has 0 bridgehead atoms. The zero-order chi connectivity index (χ0) is 13.7. The summed E-state index contributed by atoms with van der Waals surface area (Å²) < 4.78 is 10.7. The molecule has 6 nitrogen and oxygen atoms in total.